The summed E-state index contributed by atoms with van der Waals surface area (Å²) in [5.74, 6) is -0.00514. The molecule has 0 saturated carbocycles. The Balaban J connectivity index is 1.29. The average Bonchev–Trinajstić information content (AvgIpc) is 2.74. The Labute approximate surface area is 166 Å². The van der Waals surface area contributed by atoms with Crippen molar-refractivity contribution in [3.63, 3.8) is 0 Å². The zero-order valence-electron chi connectivity index (χ0n) is 16.1. The van der Waals surface area contributed by atoms with Crippen LogP contribution >= 0.6 is 0 Å². The van der Waals surface area contributed by atoms with Gasteiger partial charge in [-0.2, -0.15) is 0 Å². The molecule has 1 aliphatic heterocycles. The number of nitrogens with one attached hydrogen (secondary N) is 1. The van der Waals surface area contributed by atoms with Crippen LogP contribution in [0.3, 0.4) is 0 Å². The van der Waals surface area contributed by atoms with Crippen molar-refractivity contribution in [1.29, 1.82) is 0 Å². The quantitative estimate of drug-likeness (QED) is 0.664. The van der Waals surface area contributed by atoms with Crippen LogP contribution in [0.4, 0.5) is 0 Å². The number of likely N-dealkylation sites (tertiary alicyclic amines) is 1. The highest BCUT2D eigenvalue weighted by atomic mass is 16.1. The molecule has 3 nitrogen and oxygen atoms in total. The van der Waals surface area contributed by atoms with Gasteiger partial charge >= 0.3 is 0 Å². The van der Waals surface area contributed by atoms with Crippen LogP contribution in [0.1, 0.15) is 24.0 Å². The Morgan fingerprint density at radius 2 is 1.64 bits per heavy atom. The van der Waals surface area contributed by atoms with Crippen LogP contribution in [-0.2, 0) is 11.3 Å². The second-order valence-electron chi connectivity index (χ2n) is 7.45. The van der Waals surface area contributed by atoms with E-state index in [4.69, 9.17) is 0 Å². The van der Waals surface area contributed by atoms with Gasteiger partial charge in [-0.1, -0.05) is 72.8 Å². The Morgan fingerprint density at radius 1 is 0.929 bits per heavy atom. The van der Waals surface area contributed by atoms with Crippen molar-refractivity contribution < 1.29 is 4.79 Å². The number of hydrogen-bond acceptors (Lipinski definition) is 2. The van der Waals surface area contributed by atoms with Crippen LogP contribution in [0.25, 0.3) is 16.8 Å². The second kappa shape index (κ2) is 8.85. The number of carbonyl (C=O) groups is 1. The van der Waals surface area contributed by atoms with Gasteiger partial charge in [-0.25, -0.2) is 0 Å². The van der Waals surface area contributed by atoms with E-state index in [-0.39, 0.29) is 11.9 Å². The second-order valence-corrected chi connectivity index (χ2v) is 7.45. The Kier molecular flexibility index (Phi) is 5.83. The molecule has 28 heavy (non-hydrogen) atoms. The van der Waals surface area contributed by atoms with E-state index in [1.54, 1.807) is 6.08 Å². The summed E-state index contributed by atoms with van der Waals surface area (Å²) < 4.78 is 0. The predicted molar refractivity (Wildman–Crippen MR) is 116 cm³/mol. The van der Waals surface area contributed by atoms with Crippen molar-refractivity contribution in [2.24, 2.45) is 0 Å². The molecular formula is C25H26N2O. The van der Waals surface area contributed by atoms with Crippen LogP contribution < -0.4 is 5.32 Å². The van der Waals surface area contributed by atoms with Gasteiger partial charge in [0.2, 0.25) is 5.91 Å². The van der Waals surface area contributed by atoms with Gasteiger partial charge in [-0.3, -0.25) is 9.69 Å². The predicted octanol–water partition coefficient (Wildman–Crippen LogP) is 4.63. The first-order valence-electron chi connectivity index (χ1n) is 10.0. The van der Waals surface area contributed by atoms with E-state index in [1.807, 2.05) is 30.3 Å². The Hall–Kier alpha value is -2.91. The minimum absolute atomic E-state index is 0.00514. The van der Waals surface area contributed by atoms with Crippen molar-refractivity contribution in [3.8, 4) is 0 Å². The number of benzene rings is 3. The number of piperidine rings is 1. The normalized spacial score (nSPS) is 15.9. The molecule has 0 spiro atoms. The molecule has 3 aromatic rings. The van der Waals surface area contributed by atoms with E-state index in [0.29, 0.717) is 0 Å². The van der Waals surface area contributed by atoms with E-state index in [0.717, 1.165) is 38.0 Å². The van der Waals surface area contributed by atoms with Crippen LogP contribution in [0.15, 0.2) is 78.9 Å². The average molecular weight is 370 g/mol. The van der Waals surface area contributed by atoms with Gasteiger partial charge in [-0.15, -0.1) is 0 Å². The number of hydrogen-bond donors (Lipinski definition) is 1. The van der Waals surface area contributed by atoms with Crippen LogP contribution in [0, 0.1) is 0 Å². The number of nitrogens with zero attached hydrogens (tertiary/aromatic N) is 1. The first-order valence-corrected chi connectivity index (χ1v) is 10.0. The molecule has 0 unspecified atom stereocenters. The van der Waals surface area contributed by atoms with Crippen molar-refractivity contribution >= 4 is 22.8 Å². The molecule has 1 aliphatic rings. The van der Waals surface area contributed by atoms with Gasteiger partial charge < -0.3 is 5.32 Å². The lowest BCUT2D eigenvalue weighted by Gasteiger charge is -2.32. The van der Waals surface area contributed by atoms with Gasteiger partial charge in [-0.05, 0) is 40.8 Å². The van der Waals surface area contributed by atoms with E-state index in [2.05, 4.69) is 58.7 Å². The highest BCUT2D eigenvalue weighted by molar-refractivity contribution is 5.96. The summed E-state index contributed by atoms with van der Waals surface area (Å²) in [4.78, 5) is 14.8. The number of rotatable bonds is 5. The molecule has 4 rings (SSSR count). The van der Waals surface area contributed by atoms with Crippen molar-refractivity contribution in [1.82, 2.24) is 10.2 Å². The molecule has 3 heteroatoms. The molecular weight excluding hydrogens is 344 g/mol. The monoisotopic (exact) mass is 370 g/mol. The van der Waals surface area contributed by atoms with Gasteiger partial charge in [0.1, 0.15) is 0 Å². The van der Waals surface area contributed by atoms with E-state index in [1.165, 1.54) is 16.3 Å². The summed E-state index contributed by atoms with van der Waals surface area (Å²) in [6.45, 7) is 3.03. The lowest BCUT2D eigenvalue weighted by Crippen LogP contribution is -2.43. The van der Waals surface area contributed by atoms with Crippen molar-refractivity contribution in [3.05, 3.63) is 90.0 Å². The summed E-state index contributed by atoms with van der Waals surface area (Å²) in [7, 11) is 0. The maximum Gasteiger partial charge on any atom is 0.244 e. The third-order valence-corrected chi connectivity index (χ3v) is 5.42. The molecule has 0 aromatic heterocycles. The van der Waals surface area contributed by atoms with Crippen LogP contribution in [0.5, 0.6) is 0 Å². The zero-order chi connectivity index (χ0) is 19.2. The first-order chi connectivity index (χ1) is 13.8. The number of carbonyl (C=O) groups excluding carboxylic acids is 1. The molecule has 0 bridgehead atoms. The third-order valence-electron chi connectivity index (χ3n) is 5.42. The first kappa shape index (κ1) is 18.5. The summed E-state index contributed by atoms with van der Waals surface area (Å²) in [6.07, 6.45) is 5.58. The molecule has 0 aliphatic carbocycles. The Morgan fingerprint density at radius 3 is 2.46 bits per heavy atom. The standard InChI is InChI=1S/C25H26N2O/c28-25(14-13-22-11-6-10-21-9-4-5-12-24(21)22)26-23-15-17-27(18-16-23)19-20-7-2-1-3-8-20/h1-14,23H,15-19H2,(H,26,28)/b14-13+. The zero-order valence-corrected chi connectivity index (χ0v) is 16.1. The maximum absolute atomic E-state index is 12.4. The fourth-order valence-corrected chi connectivity index (χ4v) is 3.89. The van der Waals surface area contributed by atoms with E-state index < -0.39 is 0 Å². The molecule has 1 saturated heterocycles. The summed E-state index contributed by atoms with van der Waals surface area (Å²) in [5, 5.41) is 5.53. The molecule has 1 fully saturated rings. The SMILES string of the molecule is O=C(/C=C/c1cccc2ccccc12)NC1CCN(Cc2ccccc2)CC1. The summed E-state index contributed by atoms with van der Waals surface area (Å²) >= 11 is 0. The van der Waals surface area contributed by atoms with Gasteiger partial charge in [0.15, 0.2) is 0 Å². The number of amides is 1. The fourth-order valence-electron chi connectivity index (χ4n) is 3.89. The lowest BCUT2D eigenvalue weighted by atomic mass is 10.0. The molecule has 1 N–H and O–H groups in total. The van der Waals surface area contributed by atoms with Crippen molar-refractivity contribution in [2.75, 3.05) is 13.1 Å². The van der Waals surface area contributed by atoms with E-state index >= 15 is 0 Å². The van der Waals surface area contributed by atoms with Crippen molar-refractivity contribution in [2.45, 2.75) is 25.4 Å². The molecule has 1 amide bonds. The number of fused-ring (bicyclic) bond motifs is 1. The minimum Gasteiger partial charge on any atom is -0.350 e. The maximum atomic E-state index is 12.4. The molecule has 142 valence electrons. The van der Waals surface area contributed by atoms with Crippen LogP contribution in [0.2, 0.25) is 0 Å². The highest BCUT2D eigenvalue weighted by Crippen LogP contribution is 2.19. The third kappa shape index (κ3) is 4.68. The largest absolute Gasteiger partial charge is 0.350 e. The van der Waals surface area contributed by atoms with E-state index in [9.17, 15) is 4.79 Å². The smallest absolute Gasteiger partial charge is 0.244 e. The minimum atomic E-state index is -0.00514. The van der Waals surface area contributed by atoms with Gasteiger partial charge in [0.05, 0.1) is 0 Å². The molecule has 1 heterocycles. The highest BCUT2D eigenvalue weighted by Gasteiger charge is 2.19. The Bertz CT molecular complexity index is 951. The van der Waals surface area contributed by atoms with Gasteiger partial charge in [0.25, 0.3) is 0 Å². The fraction of sp³-hybridized carbons (Fsp3) is 0.240. The molecule has 0 atom stereocenters. The molecule has 3 aromatic carbocycles. The lowest BCUT2D eigenvalue weighted by molar-refractivity contribution is -0.117. The topological polar surface area (TPSA) is 32.3 Å². The summed E-state index contributed by atoms with van der Waals surface area (Å²) in [5.41, 5.74) is 2.42. The summed E-state index contributed by atoms with van der Waals surface area (Å²) in [6, 6.07) is 25.3. The molecule has 0 radical (unpaired) electrons. The van der Waals surface area contributed by atoms with Gasteiger partial charge in [0, 0.05) is 31.8 Å². The van der Waals surface area contributed by atoms with Crippen LogP contribution in [-0.4, -0.2) is 29.9 Å².